The molecule has 3 rings (SSSR count). The number of benzene rings is 1. The molecule has 0 aliphatic rings. The smallest absolute Gasteiger partial charge is 0.270 e. The van der Waals surface area contributed by atoms with Crippen LogP contribution < -0.4 is 10.6 Å². The monoisotopic (exact) mass is 332 g/mol. The third-order valence-electron chi connectivity index (χ3n) is 3.85. The third-order valence-corrected chi connectivity index (χ3v) is 3.85. The van der Waals surface area contributed by atoms with Gasteiger partial charge in [0.15, 0.2) is 0 Å². The van der Waals surface area contributed by atoms with Crippen molar-refractivity contribution in [1.82, 2.24) is 15.3 Å². The topological polar surface area (TPSA) is 66.9 Å². The van der Waals surface area contributed by atoms with Gasteiger partial charge in [0.2, 0.25) is 0 Å². The first-order valence-electron chi connectivity index (χ1n) is 8.23. The van der Waals surface area contributed by atoms with Gasteiger partial charge in [0.05, 0.1) is 11.9 Å². The van der Waals surface area contributed by atoms with Crippen molar-refractivity contribution in [1.29, 1.82) is 0 Å². The number of nitrogens with zero attached hydrogens (tertiary/aromatic N) is 2. The first-order chi connectivity index (χ1) is 12.2. The van der Waals surface area contributed by atoms with E-state index in [1.54, 1.807) is 24.7 Å². The van der Waals surface area contributed by atoms with Gasteiger partial charge in [-0.1, -0.05) is 19.1 Å². The largest absolute Gasteiger partial charge is 0.354 e. The number of hydrogen-bond donors (Lipinski definition) is 2. The Hall–Kier alpha value is -3.21. The van der Waals surface area contributed by atoms with E-state index < -0.39 is 0 Å². The Balaban J connectivity index is 1.58. The second-order valence-electron chi connectivity index (χ2n) is 5.65. The Morgan fingerprint density at radius 2 is 1.64 bits per heavy atom. The molecule has 5 heteroatoms. The normalized spacial score (nSPS) is 10.3. The number of aromatic nitrogens is 2. The van der Waals surface area contributed by atoms with Crippen molar-refractivity contribution in [2.45, 2.75) is 19.9 Å². The van der Waals surface area contributed by atoms with E-state index in [1.165, 1.54) is 5.56 Å². The van der Waals surface area contributed by atoms with E-state index in [-0.39, 0.29) is 5.91 Å². The van der Waals surface area contributed by atoms with Crippen LogP contribution in [0.3, 0.4) is 0 Å². The van der Waals surface area contributed by atoms with E-state index in [0.29, 0.717) is 12.2 Å². The molecule has 0 atom stereocenters. The second-order valence-corrected chi connectivity index (χ2v) is 5.65. The number of amides is 1. The van der Waals surface area contributed by atoms with Crippen molar-refractivity contribution in [3.8, 4) is 0 Å². The summed E-state index contributed by atoms with van der Waals surface area (Å²) in [5.41, 5.74) is 4.52. The second kappa shape index (κ2) is 8.06. The van der Waals surface area contributed by atoms with Crippen LogP contribution in [0.4, 0.5) is 11.4 Å². The number of rotatable bonds is 6. The maximum Gasteiger partial charge on any atom is 0.270 e. The first-order valence-corrected chi connectivity index (χ1v) is 8.23. The lowest BCUT2D eigenvalue weighted by molar-refractivity contribution is 0.0946. The lowest BCUT2D eigenvalue weighted by Crippen LogP contribution is -2.23. The van der Waals surface area contributed by atoms with E-state index in [2.05, 4.69) is 39.7 Å². The van der Waals surface area contributed by atoms with Crippen molar-refractivity contribution in [2.24, 2.45) is 0 Å². The summed E-state index contributed by atoms with van der Waals surface area (Å²) in [4.78, 5) is 20.3. The number of carbonyl (C=O) groups is 1. The Kier molecular flexibility index (Phi) is 5.36. The summed E-state index contributed by atoms with van der Waals surface area (Å²) in [7, 11) is 0. The zero-order valence-electron chi connectivity index (χ0n) is 14.1. The van der Waals surface area contributed by atoms with Gasteiger partial charge in [-0.05, 0) is 53.9 Å². The van der Waals surface area contributed by atoms with Crippen molar-refractivity contribution in [3.63, 3.8) is 0 Å². The van der Waals surface area contributed by atoms with E-state index in [1.807, 2.05) is 30.3 Å². The van der Waals surface area contributed by atoms with Crippen LogP contribution in [0, 0.1) is 0 Å². The fourth-order valence-electron chi connectivity index (χ4n) is 2.37. The predicted molar refractivity (Wildman–Crippen MR) is 98.7 cm³/mol. The minimum atomic E-state index is -0.198. The lowest BCUT2D eigenvalue weighted by atomic mass is 10.1. The van der Waals surface area contributed by atoms with Gasteiger partial charge in [-0.3, -0.25) is 9.78 Å². The summed E-state index contributed by atoms with van der Waals surface area (Å²) < 4.78 is 0. The average Bonchev–Trinajstić information content (AvgIpc) is 2.68. The van der Waals surface area contributed by atoms with E-state index in [4.69, 9.17) is 0 Å². The highest BCUT2D eigenvalue weighted by Gasteiger charge is 2.07. The Bertz CT molecular complexity index is 815. The summed E-state index contributed by atoms with van der Waals surface area (Å²) in [6.07, 6.45) is 6.08. The molecular weight excluding hydrogens is 312 g/mol. The van der Waals surface area contributed by atoms with Crippen molar-refractivity contribution in [2.75, 3.05) is 5.32 Å². The fraction of sp³-hybridized carbons (Fsp3) is 0.150. The van der Waals surface area contributed by atoms with Gasteiger partial charge in [-0.2, -0.15) is 0 Å². The van der Waals surface area contributed by atoms with Gasteiger partial charge < -0.3 is 10.6 Å². The summed E-state index contributed by atoms with van der Waals surface area (Å²) >= 11 is 0. The number of carbonyl (C=O) groups excluding carboxylic acids is 1. The Labute approximate surface area is 147 Å². The third kappa shape index (κ3) is 4.64. The number of aryl methyl sites for hydroxylation is 1. The molecule has 0 fully saturated rings. The molecular formula is C20H20N4O. The molecule has 0 spiro atoms. The molecule has 5 nitrogen and oxygen atoms in total. The molecule has 126 valence electrons. The standard InChI is InChI=1S/C20H20N4O/c1-2-15-3-5-17(6-4-15)24-18-7-8-19(22-14-18)20(25)23-13-16-9-11-21-12-10-16/h3-12,14,24H,2,13H2,1H3,(H,23,25). The van der Waals surface area contributed by atoms with E-state index in [0.717, 1.165) is 23.4 Å². The molecule has 2 N–H and O–H groups in total. The molecule has 0 aliphatic carbocycles. The summed E-state index contributed by atoms with van der Waals surface area (Å²) in [6.45, 7) is 2.58. The van der Waals surface area contributed by atoms with Gasteiger partial charge in [-0.25, -0.2) is 4.98 Å². The Morgan fingerprint density at radius 1 is 0.920 bits per heavy atom. The van der Waals surface area contributed by atoms with E-state index in [9.17, 15) is 4.79 Å². The molecule has 0 aliphatic heterocycles. The minimum absolute atomic E-state index is 0.198. The van der Waals surface area contributed by atoms with E-state index >= 15 is 0 Å². The maximum atomic E-state index is 12.1. The Morgan fingerprint density at radius 3 is 2.28 bits per heavy atom. The van der Waals surface area contributed by atoms with Crippen LogP contribution in [0.25, 0.3) is 0 Å². The zero-order chi connectivity index (χ0) is 17.5. The molecule has 0 radical (unpaired) electrons. The molecule has 1 aromatic carbocycles. The quantitative estimate of drug-likeness (QED) is 0.722. The summed E-state index contributed by atoms with van der Waals surface area (Å²) in [5, 5.41) is 6.13. The lowest BCUT2D eigenvalue weighted by Gasteiger charge is -2.08. The van der Waals surface area contributed by atoms with Crippen molar-refractivity contribution in [3.05, 3.63) is 83.9 Å². The molecule has 1 amide bonds. The van der Waals surface area contributed by atoms with Crippen LogP contribution in [0.2, 0.25) is 0 Å². The minimum Gasteiger partial charge on any atom is -0.354 e. The fourth-order valence-corrected chi connectivity index (χ4v) is 2.37. The SMILES string of the molecule is CCc1ccc(Nc2ccc(C(=O)NCc3ccncc3)nc2)cc1. The van der Waals surface area contributed by atoms with Gasteiger partial charge >= 0.3 is 0 Å². The van der Waals surface area contributed by atoms with Crippen molar-refractivity contribution >= 4 is 17.3 Å². The zero-order valence-corrected chi connectivity index (χ0v) is 14.1. The van der Waals surface area contributed by atoms with Crippen molar-refractivity contribution < 1.29 is 4.79 Å². The average molecular weight is 332 g/mol. The van der Waals surface area contributed by atoms with Crippen LogP contribution in [0.1, 0.15) is 28.5 Å². The predicted octanol–water partition coefficient (Wildman–Crippen LogP) is 3.71. The maximum absolute atomic E-state index is 12.1. The molecule has 0 bridgehead atoms. The van der Waals surface area contributed by atoms with Crippen LogP contribution in [0.15, 0.2) is 67.1 Å². The summed E-state index contributed by atoms with van der Waals surface area (Å²) in [5.74, 6) is -0.198. The highest BCUT2D eigenvalue weighted by atomic mass is 16.1. The van der Waals surface area contributed by atoms with Crippen LogP contribution in [0.5, 0.6) is 0 Å². The molecule has 3 aromatic rings. The number of nitrogens with one attached hydrogen (secondary N) is 2. The van der Waals surface area contributed by atoms with Gasteiger partial charge in [-0.15, -0.1) is 0 Å². The molecule has 2 aromatic heterocycles. The van der Waals surface area contributed by atoms with Crippen LogP contribution in [-0.2, 0) is 13.0 Å². The van der Waals surface area contributed by atoms with Gasteiger partial charge in [0.1, 0.15) is 5.69 Å². The molecule has 0 saturated carbocycles. The highest BCUT2D eigenvalue weighted by Crippen LogP contribution is 2.16. The number of pyridine rings is 2. The molecule has 0 unspecified atom stereocenters. The first kappa shape index (κ1) is 16.6. The van der Waals surface area contributed by atoms with Gasteiger partial charge in [0, 0.05) is 24.6 Å². The highest BCUT2D eigenvalue weighted by molar-refractivity contribution is 5.92. The molecule has 2 heterocycles. The van der Waals surface area contributed by atoms with Crippen LogP contribution >= 0.6 is 0 Å². The molecule has 25 heavy (non-hydrogen) atoms. The van der Waals surface area contributed by atoms with Gasteiger partial charge in [0.25, 0.3) is 5.91 Å². The molecule has 0 saturated heterocycles. The number of hydrogen-bond acceptors (Lipinski definition) is 4. The number of anilines is 2. The van der Waals surface area contributed by atoms with Crippen LogP contribution in [-0.4, -0.2) is 15.9 Å². The summed E-state index contributed by atoms with van der Waals surface area (Å²) in [6, 6.07) is 15.6.